The largest absolute Gasteiger partial charge is 0.486 e. The minimum absolute atomic E-state index is 0.136. The number of fused-ring (bicyclic) bond motifs is 1. The van der Waals surface area contributed by atoms with Crippen LogP contribution in [0.4, 0.5) is 11.4 Å². The number of benzene rings is 2. The monoisotopic (exact) mass is 418 g/mol. The lowest BCUT2D eigenvalue weighted by Crippen LogP contribution is -2.45. The van der Waals surface area contributed by atoms with Gasteiger partial charge >= 0.3 is 0 Å². The van der Waals surface area contributed by atoms with Crippen LogP contribution < -0.4 is 19.1 Å². The second kappa shape index (κ2) is 8.12. The lowest BCUT2D eigenvalue weighted by Gasteiger charge is -2.29. The van der Waals surface area contributed by atoms with Crippen molar-refractivity contribution in [2.24, 2.45) is 0 Å². The minimum Gasteiger partial charge on any atom is -0.486 e. The number of sulfonamides is 1. The lowest BCUT2D eigenvalue weighted by atomic mass is 10.1. The first-order valence-corrected chi connectivity index (χ1v) is 10.8. The predicted octanol–water partition coefficient (Wildman–Crippen LogP) is 2.45. The van der Waals surface area contributed by atoms with E-state index in [1.165, 1.54) is 19.9 Å². The molecule has 154 valence electrons. The number of carbonyl (C=O) groups excluding carboxylic acids is 2. The molecule has 29 heavy (non-hydrogen) atoms. The Balaban J connectivity index is 1.88. The highest BCUT2D eigenvalue weighted by Gasteiger charge is 2.30. The molecule has 1 atom stereocenters. The fraction of sp³-hybridized carbons (Fsp3) is 0.300. The van der Waals surface area contributed by atoms with Crippen molar-refractivity contribution in [2.45, 2.75) is 19.9 Å². The summed E-state index contributed by atoms with van der Waals surface area (Å²) < 4.78 is 36.9. The van der Waals surface area contributed by atoms with Crippen LogP contribution in [0.3, 0.4) is 0 Å². The van der Waals surface area contributed by atoms with Crippen molar-refractivity contribution in [2.75, 3.05) is 29.1 Å². The third-order valence-electron chi connectivity index (χ3n) is 4.41. The van der Waals surface area contributed by atoms with Gasteiger partial charge in [-0.3, -0.25) is 13.9 Å². The van der Waals surface area contributed by atoms with E-state index >= 15 is 0 Å². The van der Waals surface area contributed by atoms with Gasteiger partial charge in [0.25, 0.3) is 0 Å². The molecule has 0 radical (unpaired) electrons. The van der Waals surface area contributed by atoms with Crippen molar-refractivity contribution in [3.05, 3.63) is 48.0 Å². The zero-order chi connectivity index (χ0) is 21.2. The standard InChI is InChI=1S/C20H22N2O6S/c1-13(20(24)21-16-6-4-5-15(11-16)14(2)23)22(29(3,25)26)17-7-8-18-19(12-17)28-10-9-27-18/h4-8,11-13H,9-10H2,1-3H3,(H,21,24)/t13-/m0/s1. The average Bonchev–Trinajstić information content (AvgIpc) is 2.67. The zero-order valence-corrected chi connectivity index (χ0v) is 17.2. The number of nitrogens with one attached hydrogen (secondary N) is 1. The fourth-order valence-corrected chi connectivity index (χ4v) is 4.21. The van der Waals surface area contributed by atoms with Crippen LogP contribution in [-0.4, -0.2) is 45.6 Å². The third-order valence-corrected chi connectivity index (χ3v) is 5.65. The Bertz CT molecular complexity index is 1050. The maximum atomic E-state index is 12.8. The molecule has 1 N–H and O–H groups in total. The van der Waals surface area contributed by atoms with Gasteiger partial charge in [0.1, 0.15) is 19.3 Å². The SMILES string of the molecule is CC(=O)c1cccc(NC(=O)[C@H](C)N(c2ccc3c(c2)OCCO3)S(C)(=O)=O)c1. The minimum atomic E-state index is -3.78. The number of rotatable bonds is 6. The molecule has 0 spiro atoms. The van der Waals surface area contributed by atoms with Crippen LogP contribution >= 0.6 is 0 Å². The second-order valence-electron chi connectivity index (χ2n) is 6.69. The van der Waals surface area contributed by atoms with Crippen molar-refractivity contribution >= 4 is 33.1 Å². The van der Waals surface area contributed by atoms with Crippen molar-refractivity contribution in [3.63, 3.8) is 0 Å². The molecule has 0 fully saturated rings. The van der Waals surface area contributed by atoms with Crippen LogP contribution in [0.15, 0.2) is 42.5 Å². The van der Waals surface area contributed by atoms with Crippen LogP contribution in [0, 0.1) is 0 Å². The van der Waals surface area contributed by atoms with Gasteiger partial charge in [0, 0.05) is 17.3 Å². The molecule has 2 aromatic rings. The van der Waals surface area contributed by atoms with Crippen LogP contribution in [0.2, 0.25) is 0 Å². The summed E-state index contributed by atoms with van der Waals surface area (Å²) in [5, 5.41) is 2.67. The number of hydrogen-bond donors (Lipinski definition) is 1. The van der Waals surface area contributed by atoms with E-state index in [4.69, 9.17) is 9.47 Å². The van der Waals surface area contributed by atoms with Crippen molar-refractivity contribution in [1.29, 1.82) is 0 Å². The molecule has 1 heterocycles. The normalized spacial score (nSPS) is 14.0. The molecule has 0 saturated heterocycles. The summed E-state index contributed by atoms with van der Waals surface area (Å²) in [5.41, 5.74) is 1.14. The van der Waals surface area contributed by atoms with Crippen LogP contribution in [0.5, 0.6) is 11.5 Å². The highest BCUT2D eigenvalue weighted by molar-refractivity contribution is 7.92. The van der Waals surface area contributed by atoms with Crippen LogP contribution in [0.1, 0.15) is 24.2 Å². The number of hydrogen-bond acceptors (Lipinski definition) is 6. The molecular formula is C20H22N2O6S. The van der Waals surface area contributed by atoms with E-state index in [-0.39, 0.29) is 11.5 Å². The molecule has 0 aromatic heterocycles. The Kier molecular flexibility index (Phi) is 5.78. The molecular weight excluding hydrogens is 396 g/mol. The first-order valence-electron chi connectivity index (χ1n) is 8.98. The number of anilines is 2. The van der Waals surface area contributed by atoms with E-state index in [1.54, 1.807) is 36.4 Å². The van der Waals surface area contributed by atoms with Gasteiger partial charge < -0.3 is 14.8 Å². The van der Waals surface area contributed by atoms with Crippen LogP contribution in [0.25, 0.3) is 0 Å². The van der Waals surface area contributed by atoms with Crippen LogP contribution in [-0.2, 0) is 14.8 Å². The van der Waals surface area contributed by atoms with Gasteiger partial charge in [0.2, 0.25) is 15.9 Å². The van der Waals surface area contributed by atoms with Gasteiger partial charge in [-0.25, -0.2) is 8.42 Å². The maximum absolute atomic E-state index is 12.8. The second-order valence-corrected chi connectivity index (χ2v) is 8.55. The average molecular weight is 418 g/mol. The Morgan fingerprint density at radius 3 is 2.41 bits per heavy atom. The maximum Gasteiger partial charge on any atom is 0.247 e. The summed E-state index contributed by atoms with van der Waals surface area (Å²) in [6, 6.07) is 10.1. The molecule has 8 nitrogen and oxygen atoms in total. The molecule has 1 amide bonds. The fourth-order valence-electron chi connectivity index (χ4n) is 3.04. The predicted molar refractivity (Wildman–Crippen MR) is 109 cm³/mol. The summed E-state index contributed by atoms with van der Waals surface area (Å²) in [4.78, 5) is 24.3. The molecule has 2 aromatic carbocycles. The lowest BCUT2D eigenvalue weighted by molar-refractivity contribution is -0.116. The number of carbonyl (C=O) groups is 2. The Hall–Kier alpha value is -3.07. The number of amides is 1. The van der Waals surface area contributed by atoms with Gasteiger partial charge in [0.05, 0.1) is 11.9 Å². The summed E-state index contributed by atoms with van der Waals surface area (Å²) in [6.45, 7) is 3.69. The zero-order valence-electron chi connectivity index (χ0n) is 16.3. The molecule has 1 aliphatic heterocycles. The van der Waals surface area contributed by atoms with Crippen molar-refractivity contribution in [1.82, 2.24) is 0 Å². The highest BCUT2D eigenvalue weighted by Crippen LogP contribution is 2.35. The van der Waals surface area contributed by atoms with Gasteiger partial charge in [0.15, 0.2) is 17.3 Å². The molecule has 0 unspecified atom stereocenters. The van der Waals surface area contributed by atoms with E-state index in [9.17, 15) is 18.0 Å². The third kappa shape index (κ3) is 4.68. The smallest absolute Gasteiger partial charge is 0.247 e. The summed E-state index contributed by atoms with van der Waals surface area (Å²) in [6.07, 6.45) is 1.03. The first kappa shape index (κ1) is 20.7. The Labute approximate surface area is 169 Å². The van der Waals surface area contributed by atoms with E-state index in [1.807, 2.05) is 0 Å². The summed E-state index contributed by atoms with van der Waals surface area (Å²) >= 11 is 0. The van der Waals surface area contributed by atoms with Gasteiger partial charge in [-0.1, -0.05) is 12.1 Å². The molecule has 9 heteroatoms. The summed E-state index contributed by atoms with van der Waals surface area (Å²) in [7, 11) is -3.78. The van der Waals surface area contributed by atoms with E-state index in [0.717, 1.165) is 10.6 Å². The van der Waals surface area contributed by atoms with Gasteiger partial charge in [-0.2, -0.15) is 0 Å². The van der Waals surface area contributed by atoms with Crippen molar-refractivity contribution in [3.8, 4) is 11.5 Å². The number of ketones is 1. The van der Waals surface area contributed by atoms with E-state index < -0.39 is 22.0 Å². The van der Waals surface area contributed by atoms with E-state index in [0.29, 0.717) is 36.0 Å². The number of ether oxygens (including phenoxy) is 2. The molecule has 1 aliphatic rings. The quantitative estimate of drug-likeness (QED) is 0.723. The van der Waals surface area contributed by atoms with Gasteiger partial charge in [-0.05, 0) is 38.1 Å². The highest BCUT2D eigenvalue weighted by atomic mass is 32.2. The summed E-state index contributed by atoms with van der Waals surface area (Å²) in [5.74, 6) is 0.268. The topological polar surface area (TPSA) is 102 Å². The number of nitrogens with zero attached hydrogens (tertiary/aromatic N) is 1. The molecule has 0 bridgehead atoms. The first-order chi connectivity index (χ1) is 13.7. The molecule has 3 rings (SSSR count). The number of Topliss-reactive ketones (excluding diaryl/α,β-unsaturated/α-hetero) is 1. The Morgan fingerprint density at radius 1 is 1.07 bits per heavy atom. The molecule has 0 aliphatic carbocycles. The Morgan fingerprint density at radius 2 is 1.76 bits per heavy atom. The van der Waals surface area contributed by atoms with Gasteiger partial charge in [-0.15, -0.1) is 0 Å². The van der Waals surface area contributed by atoms with E-state index in [2.05, 4.69) is 5.32 Å². The van der Waals surface area contributed by atoms with Crippen molar-refractivity contribution < 1.29 is 27.5 Å². The molecule has 0 saturated carbocycles.